The Balaban J connectivity index is 3.04. The first-order valence-electron chi connectivity index (χ1n) is 3.80. The molecule has 0 N–H and O–H groups in total. The first kappa shape index (κ1) is 10.7. The van der Waals surface area contributed by atoms with Gasteiger partial charge in [0.1, 0.15) is 0 Å². The summed E-state index contributed by atoms with van der Waals surface area (Å²) in [5, 5.41) is 0. The van der Waals surface area contributed by atoms with Gasteiger partial charge in [-0.15, -0.1) is 0 Å². The fourth-order valence-electron chi connectivity index (χ4n) is 0.490. The summed E-state index contributed by atoms with van der Waals surface area (Å²) in [6.45, 7) is 9.09. The summed E-state index contributed by atoms with van der Waals surface area (Å²) in [4.78, 5) is 0. The summed E-state index contributed by atoms with van der Waals surface area (Å²) >= 11 is 0. The van der Waals surface area contributed by atoms with Crippen LogP contribution in [-0.4, -0.2) is 11.5 Å². The third-order valence-electron chi connectivity index (χ3n) is 1.14. The van der Waals surface area contributed by atoms with Crippen molar-refractivity contribution in [3.63, 3.8) is 0 Å². The maximum absolute atomic E-state index is 2.30. The lowest BCUT2D eigenvalue weighted by Gasteiger charge is -2.16. The largest absolute Gasteiger partial charge is 0.0944 e. The van der Waals surface area contributed by atoms with E-state index in [2.05, 4.69) is 27.7 Å². The first-order chi connectivity index (χ1) is 4.56. The molecular formula is C8H18S2. The maximum Gasteiger partial charge on any atom is 0.00419 e. The molecule has 2 heteroatoms. The Morgan fingerprint density at radius 1 is 1.10 bits per heavy atom. The van der Waals surface area contributed by atoms with Crippen LogP contribution in [0.2, 0.25) is 0 Å². The minimum atomic E-state index is 0.515. The van der Waals surface area contributed by atoms with Crippen molar-refractivity contribution in [2.45, 2.75) is 34.1 Å². The van der Waals surface area contributed by atoms with E-state index in [4.69, 9.17) is 0 Å². The Labute approximate surface area is 72.9 Å². The predicted molar refractivity (Wildman–Crippen MR) is 54.7 cm³/mol. The van der Waals surface area contributed by atoms with Crippen molar-refractivity contribution in [2.75, 3.05) is 11.5 Å². The van der Waals surface area contributed by atoms with E-state index in [0.29, 0.717) is 5.41 Å². The summed E-state index contributed by atoms with van der Waals surface area (Å²) in [5.41, 5.74) is 0.515. The second-order valence-corrected chi connectivity index (χ2v) is 6.41. The number of hydrogen-bond acceptors (Lipinski definition) is 2. The molecule has 0 fully saturated rings. The fraction of sp³-hybridized carbons (Fsp3) is 1.00. The molecule has 0 heterocycles. The molecule has 0 amide bonds. The smallest absolute Gasteiger partial charge is 0.00419 e. The zero-order valence-electron chi connectivity index (χ0n) is 7.44. The van der Waals surface area contributed by atoms with Crippen LogP contribution in [0.15, 0.2) is 0 Å². The third-order valence-corrected chi connectivity index (χ3v) is 3.62. The Kier molecular flexibility index (Phi) is 5.74. The van der Waals surface area contributed by atoms with Crippen LogP contribution in [0.4, 0.5) is 0 Å². The quantitative estimate of drug-likeness (QED) is 0.474. The van der Waals surface area contributed by atoms with Gasteiger partial charge in [0, 0.05) is 11.5 Å². The van der Waals surface area contributed by atoms with Gasteiger partial charge in [0.2, 0.25) is 0 Å². The van der Waals surface area contributed by atoms with Crippen LogP contribution in [-0.2, 0) is 0 Å². The van der Waals surface area contributed by atoms with Crippen molar-refractivity contribution < 1.29 is 0 Å². The van der Waals surface area contributed by atoms with E-state index in [-0.39, 0.29) is 0 Å². The van der Waals surface area contributed by atoms with Crippen molar-refractivity contribution >= 4 is 21.6 Å². The van der Waals surface area contributed by atoms with Gasteiger partial charge in [-0.2, -0.15) is 0 Å². The van der Waals surface area contributed by atoms with Gasteiger partial charge in [0.05, 0.1) is 0 Å². The van der Waals surface area contributed by atoms with Gasteiger partial charge in [-0.3, -0.25) is 0 Å². The van der Waals surface area contributed by atoms with Gasteiger partial charge in [0.25, 0.3) is 0 Å². The minimum absolute atomic E-state index is 0.515. The summed E-state index contributed by atoms with van der Waals surface area (Å²) in [5.74, 6) is 2.52. The van der Waals surface area contributed by atoms with Crippen LogP contribution < -0.4 is 0 Å². The van der Waals surface area contributed by atoms with Gasteiger partial charge < -0.3 is 0 Å². The molecule has 0 bridgehead atoms. The fourth-order valence-corrected chi connectivity index (χ4v) is 2.57. The normalized spacial score (nSPS) is 12.0. The van der Waals surface area contributed by atoms with E-state index in [0.717, 1.165) is 0 Å². The van der Waals surface area contributed by atoms with Crippen LogP contribution >= 0.6 is 21.6 Å². The number of hydrogen-bond donors (Lipinski definition) is 0. The van der Waals surface area contributed by atoms with E-state index in [1.807, 2.05) is 21.6 Å². The van der Waals surface area contributed by atoms with Gasteiger partial charge >= 0.3 is 0 Å². The van der Waals surface area contributed by atoms with Crippen LogP contribution in [0, 0.1) is 5.41 Å². The summed E-state index contributed by atoms with van der Waals surface area (Å²) in [6.07, 6.45) is 1.32. The summed E-state index contributed by atoms with van der Waals surface area (Å²) in [6, 6.07) is 0. The number of rotatable bonds is 4. The van der Waals surface area contributed by atoms with E-state index in [9.17, 15) is 0 Å². The lowest BCUT2D eigenvalue weighted by molar-refractivity contribution is 0.402. The van der Waals surface area contributed by atoms with Crippen molar-refractivity contribution in [2.24, 2.45) is 5.41 Å². The SMILES string of the molecule is CCSSCCC(C)(C)C. The lowest BCUT2D eigenvalue weighted by atomic mass is 9.94. The highest BCUT2D eigenvalue weighted by molar-refractivity contribution is 8.76. The Morgan fingerprint density at radius 2 is 1.70 bits per heavy atom. The van der Waals surface area contributed by atoms with Crippen molar-refractivity contribution in [3.05, 3.63) is 0 Å². The van der Waals surface area contributed by atoms with Crippen molar-refractivity contribution in [3.8, 4) is 0 Å². The van der Waals surface area contributed by atoms with Crippen LogP contribution in [0.25, 0.3) is 0 Å². The highest BCUT2D eigenvalue weighted by atomic mass is 33.1. The molecule has 0 radical (unpaired) electrons. The monoisotopic (exact) mass is 178 g/mol. The van der Waals surface area contributed by atoms with Crippen LogP contribution in [0.5, 0.6) is 0 Å². The summed E-state index contributed by atoms with van der Waals surface area (Å²) < 4.78 is 0. The molecular weight excluding hydrogens is 160 g/mol. The third kappa shape index (κ3) is 8.70. The van der Waals surface area contributed by atoms with Crippen LogP contribution in [0.1, 0.15) is 34.1 Å². The molecule has 0 spiro atoms. The minimum Gasteiger partial charge on any atom is -0.0944 e. The van der Waals surface area contributed by atoms with Gasteiger partial charge in [-0.25, -0.2) is 0 Å². The molecule has 0 aromatic rings. The average molecular weight is 178 g/mol. The first-order valence-corrected chi connectivity index (χ1v) is 6.29. The second kappa shape index (κ2) is 5.36. The van der Waals surface area contributed by atoms with Crippen molar-refractivity contribution in [1.82, 2.24) is 0 Å². The molecule has 10 heavy (non-hydrogen) atoms. The van der Waals surface area contributed by atoms with Gasteiger partial charge in [-0.1, -0.05) is 49.3 Å². The molecule has 0 aromatic carbocycles. The molecule has 0 aromatic heterocycles. The Bertz CT molecular complexity index is 73.8. The van der Waals surface area contributed by atoms with E-state index in [1.54, 1.807) is 0 Å². The molecule has 62 valence electrons. The molecule has 0 rings (SSSR count). The van der Waals surface area contributed by atoms with E-state index >= 15 is 0 Å². The van der Waals surface area contributed by atoms with Crippen LogP contribution in [0.3, 0.4) is 0 Å². The molecule has 0 atom stereocenters. The molecule has 0 unspecified atom stereocenters. The standard InChI is InChI=1S/C8H18S2/c1-5-9-10-7-6-8(2,3)4/h5-7H2,1-4H3. The van der Waals surface area contributed by atoms with Gasteiger partial charge in [0.15, 0.2) is 0 Å². The molecule has 0 nitrogen and oxygen atoms in total. The zero-order chi connectivity index (χ0) is 8.04. The van der Waals surface area contributed by atoms with E-state index < -0.39 is 0 Å². The van der Waals surface area contributed by atoms with E-state index in [1.165, 1.54) is 17.9 Å². The highest BCUT2D eigenvalue weighted by Gasteiger charge is 2.08. The van der Waals surface area contributed by atoms with Gasteiger partial charge in [-0.05, 0) is 11.8 Å². The molecule has 0 aliphatic carbocycles. The maximum atomic E-state index is 2.30. The molecule has 0 saturated carbocycles. The average Bonchev–Trinajstić information content (AvgIpc) is 1.78. The lowest BCUT2D eigenvalue weighted by Crippen LogP contribution is -2.05. The molecule has 0 aliphatic rings. The Morgan fingerprint density at radius 3 is 2.10 bits per heavy atom. The predicted octanol–water partition coefficient (Wildman–Crippen LogP) is 3.82. The second-order valence-electron chi connectivity index (χ2n) is 3.54. The molecule has 0 aliphatic heterocycles. The Hall–Kier alpha value is 0.700. The van der Waals surface area contributed by atoms with Crippen molar-refractivity contribution in [1.29, 1.82) is 0 Å². The summed E-state index contributed by atoms with van der Waals surface area (Å²) in [7, 11) is 3.96. The topological polar surface area (TPSA) is 0 Å². The highest BCUT2D eigenvalue weighted by Crippen LogP contribution is 2.27. The molecule has 0 saturated heterocycles. The zero-order valence-corrected chi connectivity index (χ0v) is 9.07.